The molecule has 1 heterocycles. The molecule has 3 heteroatoms. The van der Waals surface area contributed by atoms with Crippen molar-refractivity contribution in [1.29, 1.82) is 0 Å². The van der Waals surface area contributed by atoms with Gasteiger partial charge in [-0.15, -0.1) is 0 Å². The number of hydrogen-bond acceptors (Lipinski definition) is 3. The first kappa shape index (κ1) is 10.1. The van der Waals surface area contributed by atoms with Crippen LogP contribution in [0.5, 0.6) is 0 Å². The van der Waals surface area contributed by atoms with E-state index in [1.54, 1.807) is 18.4 Å². The van der Waals surface area contributed by atoms with Gasteiger partial charge in [0.15, 0.2) is 0 Å². The lowest BCUT2D eigenvalue weighted by atomic mass is 9.88. The number of hydrogen-bond donors (Lipinski definition) is 1. The van der Waals surface area contributed by atoms with Crippen molar-refractivity contribution in [2.24, 2.45) is 0 Å². The SMILES string of the molecule is COC1CC(NC(C)c2ccsc2)C1. The Balaban J connectivity index is 1.77. The molecule has 1 atom stereocenters. The van der Waals surface area contributed by atoms with Crippen molar-refractivity contribution in [3.63, 3.8) is 0 Å². The summed E-state index contributed by atoms with van der Waals surface area (Å²) < 4.78 is 5.25. The lowest BCUT2D eigenvalue weighted by Crippen LogP contribution is -2.45. The summed E-state index contributed by atoms with van der Waals surface area (Å²) in [6.07, 6.45) is 2.80. The van der Waals surface area contributed by atoms with Gasteiger partial charge in [-0.25, -0.2) is 0 Å². The van der Waals surface area contributed by atoms with E-state index in [2.05, 4.69) is 29.1 Å². The molecule has 14 heavy (non-hydrogen) atoms. The average Bonchev–Trinajstić information content (AvgIpc) is 2.62. The van der Waals surface area contributed by atoms with Gasteiger partial charge in [-0.05, 0) is 42.2 Å². The van der Waals surface area contributed by atoms with E-state index in [-0.39, 0.29) is 0 Å². The van der Waals surface area contributed by atoms with Crippen LogP contribution in [-0.2, 0) is 4.74 Å². The predicted molar refractivity (Wildman–Crippen MR) is 59.7 cm³/mol. The third kappa shape index (κ3) is 2.16. The van der Waals surface area contributed by atoms with Crippen LogP contribution in [0.4, 0.5) is 0 Å². The average molecular weight is 211 g/mol. The fraction of sp³-hybridized carbons (Fsp3) is 0.636. The van der Waals surface area contributed by atoms with E-state index in [1.165, 1.54) is 5.56 Å². The normalized spacial score (nSPS) is 28.4. The first-order valence-electron chi connectivity index (χ1n) is 5.10. The summed E-state index contributed by atoms with van der Waals surface area (Å²) in [5.41, 5.74) is 1.40. The lowest BCUT2D eigenvalue weighted by Gasteiger charge is -2.36. The van der Waals surface area contributed by atoms with Crippen LogP contribution in [-0.4, -0.2) is 19.3 Å². The summed E-state index contributed by atoms with van der Waals surface area (Å²) in [5, 5.41) is 7.95. The van der Waals surface area contributed by atoms with Crippen LogP contribution in [0.2, 0.25) is 0 Å². The first-order chi connectivity index (χ1) is 6.79. The molecule has 1 aliphatic rings. The zero-order valence-electron chi connectivity index (χ0n) is 8.69. The molecule has 1 saturated carbocycles. The molecule has 0 spiro atoms. The summed E-state index contributed by atoms with van der Waals surface area (Å²) in [5.74, 6) is 0. The van der Waals surface area contributed by atoms with Crippen molar-refractivity contribution in [3.8, 4) is 0 Å². The maximum Gasteiger partial charge on any atom is 0.0601 e. The van der Waals surface area contributed by atoms with Gasteiger partial charge < -0.3 is 10.1 Å². The van der Waals surface area contributed by atoms with Gasteiger partial charge in [0.1, 0.15) is 0 Å². The number of methoxy groups -OCH3 is 1. The van der Waals surface area contributed by atoms with Gasteiger partial charge in [0.2, 0.25) is 0 Å². The summed E-state index contributed by atoms with van der Waals surface area (Å²) in [7, 11) is 1.79. The topological polar surface area (TPSA) is 21.3 Å². The van der Waals surface area contributed by atoms with E-state index >= 15 is 0 Å². The Morgan fingerprint density at radius 2 is 2.36 bits per heavy atom. The highest BCUT2D eigenvalue weighted by molar-refractivity contribution is 7.07. The molecule has 1 aromatic rings. The van der Waals surface area contributed by atoms with E-state index in [0.29, 0.717) is 18.2 Å². The van der Waals surface area contributed by atoms with E-state index in [4.69, 9.17) is 4.74 Å². The van der Waals surface area contributed by atoms with Gasteiger partial charge in [0.05, 0.1) is 6.10 Å². The van der Waals surface area contributed by atoms with Crippen molar-refractivity contribution < 1.29 is 4.74 Å². The minimum atomic E-state index is 0.476. The molecule has 0 aromatic carbocycles. The van der Waals surface area contributed by atoms with E-state index in [9.17, 15) is 0 Å². The summed E-state index contributed by atoms with van der Waals surface area (Å²) >= 11 is 1.76. The summed E-state index contributed by atoms with van der Waals surface area (Å²) in [4.78, 5) is 0. The quantitative estimate of drug-likeness (QED) is 0.826. The van der Waals surface area contributed by atoms with Gasteiger partial charge in [-0.1, -0.05) is 0 Å². The van der Waals surface area contributed by atoms with Crippen molar-refractivity contribution in [1.82, 2.24) is 5.32 Å². The molecule has 0 bridgehead atoms. The van der Waals surface area contributed by atoms with E-state index in [1.807, 2.05) is 0 Å². The third-order valence-corrected chi connectivity index (χ3v) is 3.66. The van der Waals surface area contributed by atoms with Crippen molar-refractivity contribution in [2.75, 3.05) is 7.11 Å². The third-order valence-electron chi connectivity index (χ3n) is 2.96. The number of nitrogens with one attached hydrogen (secondary N) is 1. The van der Waals surface area contributed by atoms with E-state index in [0.717, 1.165) is 12.8 Å². The highest BCUT2D eigenvalue weighted by Gasteiger charge is 2.29. The largest absolute Gasteiger partial charge is 0.381 e. The van der Waals surface area contributed by atoms with Crippen LogP contribution in [0.25, 0.3) is 0 Å². The smallest absolute Gasteiger partial charge is 0.0601 e. The first-order valence-corrected chi connectivity index (χ1v) is 6.05. The Morgan fingerprint density at radius 3 is 2.93 bits per heavy atom. The molecule has 1 aromatic heterocycles. The fourth-order valence-corrected chi connectivity index (χ4v) is 2.62. The zero-order chi connectivity index (χ0) is 9.97. The van der Waals surface area contributed by atoms with Crippen molar-refractivity contribution in [3.05, 3.63) is 22.4 Å². The number of thiophene rings is 1. The maximum absolute atomic E-state index is 5.25. The second kappa shape index (κ2) is 4.43. The van der Waals surface area contributed by atoms with Crippen molar-refractivity contribution >= 4 is 11.3 Å². The molecule has 0 amide bonds. The molecule has 0 aliphatic heterocycles. The molecule has 0 radical (unpaired) electrons. The minimum absolute atomic E-state index is 0.476. The zero-order valence-corrected chi connectivity index (χ0v) is 9.51. The molecule has 78 valence electrons. The monoisotopic (exact) mass is 211 g/mol. The molecule has 1 aliphatic carbocycles. The molecule has 0 saturated heterocycles. The maximum atomic E-state index is 5.25. The Bertz CT molecular complexity index is 267. The molecular formula is C11H17NOS. The van der Waals surface area contributed by atoms with Gasteiger partial charge in [0.25, 0.3) is 0 Å². The molecule has 1 N–H and O–H groups in total. The van der Waals surface area contributed by atoms with Crippen molar-refractivity contribution in [2.45, 2.75) is 38.0 Å². The van der Waals surface area contributed by atoms with Crippen LogP contribution in [0.15, 0.2) is 16.8 Å². The van der Waals surface area contributed by atoms with Crippen LogP contribution >= 0.6 is 11.3 Å². The second-order valence-electron chi connectivity index (χ2n) is 3.97. The standard InChI is InChI=1S/C11H17NOS/c1-8(9-3-4-14-7-9)12-10-5-11(6-10)13-2/h3-4,7-8,10-12H,5-6H2,1-2H3. The minimum Gasteiger partial charge on any atom is -0.381 e. The number of ether oxygens (including phenoxy) is 1. The molecule has 1 unspecified atom stereocenters. The van der Waals surface area contributed by atoms with Crippen LogP contribution in [0.1, 0.15) is 31.4 Å². The number of rotatable bonds is 4. The van der Waals surface area contributed by atoms with Gasteiger partial charge >= 0.3 is 0 Å². The highest BCUT2D eigenvalue weighted by Crippen LogP contribution is 2.26. The lowest BCUT2D eigenvalue weighted by molar-refractivity contribution is 0.0147. The fourth-order valence-electron chi connectivity index (χ4n) is 1.87. The van der Waals surface area contributed by atoms with Gasteiger partial charge in [-0.2, -0.15) is 11.3 Å². The Morgan fingerprint density at radius 1 is 1.57 bits per heavy atom. The molecular weight excluding hydrogens is 194 g/mol. The second-order valence-corrected chi connectivity index (χ2v) is 4.75. The van der Waals surface area contributed by atoms with Gasteiger partial charge in [-0.3, -0.25) is 0 Å². The predicted octanol–water partition coefficient (Wildman–Crippen LogP) is 2.58. The Kier molecular flexibility index (Phi) is 3.21. The van der Waals surface area contributed by atoms with Gasteiger partial charge in [0, 0.05) is 19.2 Å². The molecule has 2 rings (SSSR count). The van der Waals surface area contributed by atoms with Crippen LogP contribution in [0, 0.1) is 0 Å². The van der Waals surface area contributed by atoms with Crippen LogP contribution < -0.4 is 5.32 Å². The Hall–Kier alpha value is -0.380. The van der Waals surface area contributed by atoms with Crippen LogP contribution in [0.3, 0.4) is 0 Å². The molecule has 1 fully saturated rings. The highest BCUT2D eigenvalue weighted by atomic mass is 32.1. The molecule has 2 nitrogen and oxygen atoms in total. The summed E-state index contributed by atoms with van der Waals surface area (Å²) in [6, 6.07) is 3.31. The summed E-state index contributed by atoms with van der Waals surface area (Å²) in [6.45, 7) is 2.22. The van der Waals surface area contributed by atoms with E-state index < -0.39 is 0 Å². The Labute approximate surface area is 89.3 Å².